The zero-order valence-electron chi connectivity index (χ0n) is 31.4. The van der Waals surface area contributed by atoms with Gasteiger partial charge in [-0.2, -0.15) is 52.7 Å². The van der Waals surface area contributed by atoms with Crippen molar-refractivity contribution in [2.24, 2.45) is 0 Å². The molecule has 306 valence electrons. The summed E-state index contributed by atoms with van der Waals surface area (Å²) in [4.78, 5) is 0. The van der Waals surface area contributed by atoms with E-state index >= 15 is 26.3 Å². The summed E-state index contributed by atoms with van der Waals surface area (Å²) in [6.07, 6.45) is -19.9. The average molecular weight is 835 g/mol. The Morgan fingerprint density at radius 3 is 0.833 bits per heavy atom. The first-order chi connectivity index (χ1) is 28.1. The molecule has 0 heterocycles. The summed E-state index contributed by atoms with van der Waals surface area (Å²) in [7, 11) is 0. The van der Waals surface area contributed by atoms with Crippen molar-refractivity contribution in [2.45, 2.75) is 38.6 Å². The van der Waals surface area contributed by atoms with Crippen LogP contribution >= 0.6 is 0 Å². The molecule has 7 aromatic carbocycles. The molecule has 0 aliphatic carbocycles. The van der Waals surface area contributed by atoms with Crippen LogP contribution in [0.2, 0.25) is 0 Å². The van der Waals surface area contributed by atoms with E-state index < -0.39 is 69.2 Å². The maximum absolute atomic E-state index is 15.1. The van der Waals surface area contributed by atoms with Gasteiger partial charge in [-0.05, 0) is 140 Å². The summed E-state index contributed by atoms with van der Waals surface area (Å²) >= 11 is 0. The molecule has 0 amide bonds. The minimum atomic E-state index is -5.06. The van der Waals surface area contributed by atoms with Gasteiger partial charge < -0.3 is 0 Å². The molecule has 0 unspecified atom stereocenters. The van der Waals surface area contributed by atoms with E-state index in [9.17, 15) is 26.3 Å². The highest BCUT2D eigenvalue weighted by Crippen LogP contribution is 2.51. The van der Waals surface area contributed by atoms with Gasteiger partial charge in [0.25, 0.3) is 0 Å². The van der Waals surface area contributed by atoms with Crippen LogP contribution < -0.4 is 0 Å². The smallest absolute Gasteiger partial charge is 0.166 e. The molecule has 0 bridgehead atoms. The van der Waals surface area contributed by atoms with Crippen LogP contribution in [0.25, 0.3) is 66.8 Å². The lowest BCUT2D eigenvalue weighted by molar-refractivity contribution is -0.138. The lowest BCUT2D eigenvalue weighted by Gasteiger charge is -2.24. The van der Waals surface area contributed by atoms with Crippen molar-refractivity contribution < 1.29 is 52.7 Å². The zero-order valence-corrected chi connectivity index (χ0v) is 31.4. The van der Waals surface area contributed by atoms with Gasteiger partial charge in [0.05, 0.1) is 22.3 Å². The third-order valence-corrected chi connectivity index (χ3v) is 10.3. The van der Waals surface area contributed by atoms with E-state index in [1.807, 2.05) is 0 Å². The number of rotatable bonds is 6. The molecule has 0 spiro atoms. The minimum absolute atomic E-state index is 0.0126. The Hall–Kier alpha value is -6.30. The molecule has 0 saturated carbocycles. The fourth-order valence-electron chi connectivity index (χ4n) is 7.57. The fraction of sp³-hybridized carbons (Fsp3) is 0.125. The molecule has 0 N–H and O–H groups in total. The molecule has 7 aromatic rings. The Labute approximate surface area is 336 Å². The summed E-state index contributed by atoms with van der Waals surface area (Å²) in [5.74, 6) is 0. The van der Waals surface area contributed by atoms with Gasteiger partial charge >= 0.3 is 24.7 Å². The molecule has 0 saturated heterocycles. The van der Waals surface area contributed by atoms with Crippen LogP contribution in [-0.4, -0.2) is 0 Å². The van der Waals surface area contributed by atoms with Crippen molar-refractivity contribution >= 4 is 0 Å². The summed E-state index contributed by atoms with van der Waals surface area (Å²) in [6.45, 7) is 3.26. The van der Waals surface area contributed by atoms with Crippen LogP contribution in [0, 0.1) is 13.8 Å². The summed E-state index contributed by atoms with van der Waals surface area (Å²) in [5, 5.41) is 0. The Bertz CT molecular complexity index is 2540. The van der Waals surface area contributed by atoms with Gasteiger partial charge in [-0.3, -0.25) is 0 Å². The number of halogens is 12. The van der Waals surface area contributed by atoms with Gasteiger partial charge in [0, 0.05) is 0 Å². The van der Waals surface area contributed by atoms with Crippen LogP contribution in [0.5, 0.6) is 0 Å². The van der Waals surface area contributed by atoms with Gasteiger partial charge in [0.1, 0.15) is 0 Å². The van der Waals surface area contributed by atoms with Crippen molar-refractivity contribution in [1.29, 1.82) is 0 Å². The van der Waals surface area contributed by atoms with E-state index in [1.165, 1.54) is 24.3 Å². The van der Waals surface area contributed by atoms with Gasteiger partial charge in [0.2, 0.25) is 0 Å². The zero-order chi connectivity index (χ0) is 43.4. The van der Waals surface area contributed by atoms with Gasteiger partial charge in [-0.1, -0.05) is 97.1 Å². The first kappa shape index (κ1) is 41.8. The summed E-state index contributed by atoms with van der Waals surface area (Å²) in [5.41, 5.74) is -5.80. The molecule has 0 aliphatic heterocycles. The van der Waals surface area contributed by atoms with Crippen LogP contribution in [-0.2, 0) is 24.7 Å². The van der Waals surface area contributed by atoms with Crippen molar-refractivity contribution in [3.63, 3.8) is 0 Å². The lowest BCUT2D eigenvalue weighted by Crippen LogP contribution is -2.10. The highest BCUT2D eigenvalue weighted by atomic mass is 19.4. The van der Waals surface area contributed by atoms with Crippen LogP contribution in [0.4, 0.5) is 52.7 Å². The van der Waals surface area contributed by atoms with E-state index in [0.29, 0.717) is 23.3 Å². The third kappa shape index (κ3) is 8.15. The van der Waals surface area contributed by atoms with E-state index in [1.54, 1.807) is 62.4 Å². The van der Waals surface area contributed by atoms with Crippen LogP contribution in [0.15, 0.2) is 146 Å². The second-order valence-corrected chi connectivity index (χ2v) is 14.2. The molecule has 60 heavy (non-hydrogen) atoms. The fourth-order valence-corrected chi connectivity index (χ4v) is 7.57. The number of alkyl halides is 12. The van der Waals surface area contributed by atoms with Crippen molar-refractivity contribution in [1.82, 2.24) is 0 Å². The average Bonchev–Trinajstić information content (AvgIpc) is 3.19. The molecule has 0 radical (unpaired) electrons. The van der Waals surface area contributed by atoms with Crippen molar-refractivity contribution in [3.8, 4) is 66.8 Å². The monoisotopic (exact) mass is 834 g/mol. The van der Waals surface area contributed by atoms with Crippen molar-refractivity contribution in [3.05, 3.63) is 179 Å². The van der Waals surface area contributed by atoms with E-state index in [4.69, 9.17) is 0 Å². The molecular formula is C48H30F12. The van der Waals surface area contributed by atoms with Crippen LogP contribution in [0.1, 0.15) is 33.4 Å². The molecule has 12 heteroatoms. The van der Waals surface area contributed by atoms with Crippen LogP contribution in [0.3, 0.4) is 0 Å². The van der Waals surface area contributed by atoms with Gasteiger partial charge in [0.15, 0.2) is 0 Å². The second-order valence-electron chi connectivity index (χ2n) is 14.2. The van der Waals surface area contributed by atoms with Gasteiger partial charge in [-0.15, -0.1) is 0 Å². The Morgan fingerprint density at radius 1 is 0.250 bits per heavy atom. The second kappa shape index (κ2) is 15.4. The largest absolute Gasteiger partial charge is 0.417 e. The lowest BCUT2D eigenvalue weighted by atomic mass is 9.81. The molecule has 7 rings (SSSR count). The Morgan fingerprint density at radius 2 is 0.517 bits per heavy atom. The quantitative estimate of drug-likeness (QED) is 0.146. The third-order valence-electron chi connectivity index (χ3n) is 10.3. The molecule has 0 atom stereocenters. The first-order valence-electron chi connectivity index (χ1n) is 18.2. The minimum Gasteiger partial charge on any atom is -0.166 e. The summed E-state index contributed by atoms with van der Waals surface area (Å²) < 4.78 is 176. The van der Waals surface area contributed by atoms with E-state index in [-0.39, 0.29) is 44.5 Å². The van der Waals surface area contributed by atoms with E-state index in [0.717, 1.165) is 60.7 Å². The Kier molecular flexibility index (Phi) is 10.7. The number of aryl methyl sites for hydroxylation is 2. The summed E-state index contributed by atoms with van der Waals surface area (Å²) in [6, 6.07) is 29.3. The van der Waals surface area contributed by atoms with Crippen molar-refractivity contribution in [2.75, 3.05) is 0 Å². The number of hydrogen-bond donors (Lipinski definition) is 0. The highest BCUT2D eigenvalue weighted by molar-refractivity contribution is 5.98. The SMILES string of the molecule is Cc1ccccc1-c1cc(-c2cc(-c3ccccc3C(F)(F)F)ccc2C(F)(F)F)c(-c2ccccc2C)cc1-c1cc(-c2ccccc2C(F)(F)F)ccc1C(F)(F)F. The topological polar surface area (TPSA) is 0 Å². The highest BCUT2D eigenvalue weighted by Gasteiger charge is 2.39. The first-order valence-corrected chi connectivity index (χ1v) is 18.2. The molecule has 0 nitrogen and oxygen atoms in total. The number of hydrogen-bond acceptors (Lipinski definition) is 0. The standard InChI is InChI=1S/C48H30F12/c1-27-11-3-5-13-31(27)35-25-38(40-24-30(20-22-44(40)48(58,59)60)34-16-8-10-18-42(34)46(52,53)54)36(32-14-6-4-12-28(32)2)26-37(35)39-23-29(19-21-43(39)47(55,56)57)33-15-7-9-17-41(33)45(49,50)51/h3-26H,1-2H3. The molecule has 0 aliphatic rings. The van der Waals surface area contributed by atoms with E-state index in [2.05, 4.69) is 0 Å². The molecule has 0 fully saturated rings. The Balaban J connectivity index is 1.66. The number of benzene rings is 7. The normalized spacial score (nSPS) is 12.5. The maximum atomic E-state index is 15.1. The molecular weight excluding hydrogens is 805 g/mol. The molecule has 0 aromatic heterocycles. The maximum Gasteiger partial charge on any atom is 0.417 e. The predicted octanol–water partition coefficient (Wildman–Crippen LogP) is 16.4. The predicted molar refractivity (Wildman–Crippen MR) is 209 cm³/mol. The van der Waals surface area contributed by atoms with Gasteiger partial charge in [-0.25, -0.2) is 0 Å².